The fraction of sp³-hybridized carbons (Fsp3) is 0.533. The Labute approximate surface area is 236 Å². The van der Waals surface area contributed by atoms with E-state index in [1.807, 2.05) is 24.3 Å². The fourth-order valence-electron chi connectivity index (χ4n) is 5.43. The standard InChI is InChI=1S/C30H42N6O4/c1-5-16-35(17-6-2)18-15-32-29(37)21-7-10-23(11-8-21)33-30(38)24-20-28-31-14-13-25(36(28)34-24)22-9-12-26(39-3)27(19-22)40-4/h9,12-14,19-21,23H,5-8,10-11,15-18H2,1-4H3,(H,32,37)(H,33,38). The molecule has 2 aromatic heterocycles. The lowest BCUT2D eigenvalue weighted by atomic mass is 9.85. The maximum atomic E-state index is 13.1. The van der Waals surface area contributed by atoms with Crippen LogP contribution in [0, 0.1) is 5.92 Å². The van der Waals surface area contributed by atoms with Gasteiger partial charge in [0.1, 0.15) is 0 Å². The van der Waals surface area contributed by atoms with Gasteiger partial charge in [0.25, 0.3) is 5.91 Å². The van der Waals surface area contributed by atoms with E-state index in [4.69, 9.17) is 9.47 Å². The zero-order valence-corrected chi connectivity index (χ0v) is 24.1. The second-order valence-corrected chi connectivity index (χ2v) is 10.4. The van der Waals surface area contributed by atoms with Gasteiger partial charge < -0.3 is 25.0 Å². The molecule has 1 fully saturated rings. The highest BCUT2D eigenvalue weighted by atomic mass is 16.5. The maximum Gasteiger partial charge on any atom is 0.272 e. The first-order chi connectivity index (χ1) is 19.5. The summed E-state index contributed by atoms with van der Waals surface area (Å²) in [4.78, 5) is 32.6. The lowest BCUT2D eigenvalue weighted by Gasteiger charge is -2.28. The smallest absolute Gasteiger partial charge is 0.272 e. The molecule has 216 valence electrons. The summed E-state index contributed by atoms with van der Waals surface area (Å²) in [5.74, 6) is 1.14. The van der Waals surface area contributed by atoms with Crippen LogP contribution >= 0.6 is 0 Å². The Morgan fingerprint density at radius 3 is 2.38 bits per heavy atom. The largest absolute Gasteiger partial charge is 0.493 e. The first-order valence-corrected chi connectivity index (χ1v) is 14.3. The molecule has 2 amide bonds. The third-order valence-electron chi connectivity index (χ3n) is 7.51. The van der Waals surface area contributed by atoms with Gasteiger partial charge in [-0.3, -0.25) is 9.59 Å². The van der Waals surface area contributed by atoms with Crippen molar-refractivity contribution in [2.75, 3.05) is 40.4 Å². The lowest BCUT2D eigenvalue weighted by molar-refractivity contribution is -0.126. The number of aromatic nitrogens is 3. The zero-order valence-electron chi connectivity index (χ0n) is 24.1. The molecular weight excluding hydrogens is 508 g/mol. The van der Waals surface area contributed by atoms with Crippen molar-refractivity contribution in [1.29, 1.82) is 0 Å². The van der Waals surface area contributed by atoms with Crippen LogP contribution in [0.3, 0.4) is 0 Å². The number of ether oxygens (including phenoxy) is 2. The van der Waals surface area contributed by atoms with Crippen LogP contribution < -0.4 is 20.1 Å². The number of hydrogen-bond acceptors (Lipinski definition) is 7. The molecule has 40 heavy (non-hydrogen) atoms. The number of rotatable bonds is 13. The van der Waals surface area contributed by atoms with Crippen molar-refractivity contribution in [1.82, 2.24) is 30.1 Å². The van der Waals surface area contributed by atoms with Gasteiger partial charge in [-0.05, 0) is 75.9 Å². The minimum Gasteiger partial charge on any atom is -0.493 e. The van der Waals surface area contributed by atoms with Gasteiger partial charge in [-0.25, -0.2) is 9.50 Å². The number of nitrogens with one attached hydrogen (secondary N) is 2. The van der Waals surface area contributed by atoms with Crippen molar-refractivity contribution in [3.63, 3.8) is 0 Å². The molecule has 4 rings (SSSR count). The Hall–Kier alpha value is -3.66. The average Bonchev–Trinajstić information content (AvgIpc) is 3.42. The van der Waals surface area contributed by atoms with Crippen LogP contribution in [0.2, 0.25) is 0 Å². The van der Waals surface area contributed by atoms with E-state index in [0.717, 1.165) is 69.4 Å². The van der Waals surface area contributed by atoms with Crippen molar-refractivity contribution in [3.8, 4) is 22.8 Å². The molecule has 1 aromatic carbocycles. The molecule has 10 heteroatoms. The van der Waals surface area contributed by atoms with E-state index in [0.29, 0.717) is 29.4 Å². The van der Waals surface area contributed by atoms with Crippen LogP contribution in [0.4, 0.5) is 0 Å². The van der Waals surface area contributed by atoms with Gasteiger partial charge >= 0.3 is 0 Å². The molecule has 1 saturated carbocycles. The van der Waals surface area contributed by atoms with Crippen LogP contribution in [0.5, 0.6) is 11.5 Å². The molecule has 0 saturated heterocycles. The summed E-state index contributed by atoms with van der Waals surface area (Å²) < 4.78 is 12.5. The molecule has 0 radical (unpaired) electrons. The molecule has 10 nitrogen and oxygen atoms in total. The van der Waals surface area contributed by atoms with E-state index in [1.54, 1.807) is 31.0 Å². The van der Waals surface area contributed by atoms with E-state index in [2.05, 4.69) is 39.5 Å². The summed E-state index contributed by atoms with van der Waals surface area (Å²) in [6.07, 6.45) is 7.00. The second-order valence-electron chi connectivity index (χ2n) is 10.4. The monoisotopic (exact) mass is 550 g/mol. The molecule has 0 aliphatic heterocycles. The molecule has 0 unspecified atom stereocenters. The molecule has 0 bridgehead atoms. The van der Waals surface area contributed by atoms with Gasteiger partial charge in [0.15, 0.2) is 22.8 Å². The van der Waals surface area contributed by atoms with Crippen molar-refractivity contribution >= 4 is 17.5 Å². The lowest BCUT2D eigenvalue weighted by Crippen LogP contribution is -2.42. The third kappa shape index (κ3) is 7.10. The normalized spacial score (nSPS) is 17.1. The maximum absolute atomic E-state index is 13.1. The molecule has 2 heterocycles. The van der Waals surface area contributed by atoms with Crippen molar-refractivity contribution in [2.45, 2.75) is 58.4 Å². The van der Waals surface area contributed by atoms with E-state index < -0.39 is 0 Å². The first kappa shape index (κ1) is 29.3. The number of carbonyl (C=O) groups is 2. The zero-order chi connectivity index (χ0) is 28.5. The second kappa shape index (κ2) is 14.1. The molecule has 1 aliphatic rings. The third-order valence-corrected chi connectivity index (χ3v) is 7.51. The predicted octanol–water partition coefficient (Wildman–Crippen LogP) is 3.94. The predicted molar refractivity (Wildman–Crippen MR) is 155 cm³/mol. The van der Waals surface area contributed by atoms with E-state index in [9.17, 15) is 9.59 Å². The van der Waals surface area contributed by atoms with E-state index >= 15 is 0 Å². The highest BCUT2D eigenvalue weighted by Crippen LogP contribution is 2.32. The number of methoxy groups -OCH3 is 2. The molecule has 2 N–H and O–H groups in total. The van der Waals surface area contributed by atoms with E-state index in [1.165, 1.54) is 0 Å². The van der Waals surface area contributed by atoms with Gasteiger partial charge in [0.2, 0.25) is 5.91 Å². The summed E-state index contributed by atoms with van der Waals surface area (Å²) >= 11 is 0. The topological polar surface area (TPSA) is 110 Å². The highest BCUT2D eigenvalue weighted by molar-refractivity contribution is 5.93. The van der Waals surface area contributed by atoms with Crippen molar-refractivity contribution in [2.24, 2.45) is 5.92 Å². The number of hydrogen-bond donors (Lipinski definition) is 2. The van der Waals surface area contributed by atoms with Gasteiger partial charge in [-0.15, -0.1) is 0 Å². The number of carbonyl (C=O) groups excluding carboxylic acids is 2. The minimum absolute atomic E-state index is 0.00222. The Bertz CT molecular complexity index is 1280. The SMILES string of the molecule is CCCN(CCC)CCNC(=O)C1CCC(NC(=O)c2cc3nccc(-c4ccc(OC)c(OC)c4)n3n2)CC1. The number of nitrogens with zero attached hydrogens (tertiary/aromatic N) is 4. The van der Waals surface area contributed by atoms with Crippen LogP contribution in [0.1, 0.15) is 62.9 Å². The van der Waals surface area contributed by atoms with Gasteiger partial charge in [-0.1, -0.05) is 13.8 Å². The van der Waals surface area contributed by atoms with Crippen LogP contribution in [0.15, 0.2) is 36.5 Å². The van der Waals surface area contributed by atoms with Crippen molar-refractivity contribution in [3.05, 3.63) is 42.2 Å². The van der Waals surface area contributed by atoms with Crippen LogP contribution in [0.25, 0.3) is 16.9 Å². The van der Waals surface area contributed by atoms with Gasteiger partial charge in [0, 0.05) is 42.9 Å². The Balaban J connectivity index is 1.32. The van der Waals surface area contributed by atoms with Crippen molar-refractivity contribution < 1.29 is 19.1 Å². The number of amides is 2. The summed E-state index contributed by atoms with van der Waals surface area (Å²) in [5.41, 5.74) is 2.53. The quantitative estimate of drug-likeness (QED) is 0.332. The van der Waals surface area contributed by atoms with Crippen LogP contribution in [-0.4, -0.2) is 77.8 Å². The first-order valence-electron chi connectivity index (χ1n) is 14.3. The Morgan fingerprint density at radius 1 is 0.975 bits per heavy atom. The summed E-state index contributed by atoms with van der Waals surface area (Å²) in [6.45, 7) is 8.07. The van der Waals surface area contributed by atoms with Gasteiger partial charge in [0.05, 0.1) is 19.9 Å². The molecule has 3 aromatic rings. The summed E-state index contributed by atoms with van der Waals surface area (Å²) in [6, 6.07) is 9.18. The summed E-state index contributed by atoms with van der Waals surface area (Å²) in [5, 5.41) is 10.8. The Kier molecular flexibility index (Phi) is 10.3. The minimum atomic E-state index is -0.233. The molecule has 0 spiro atoms. The highest BCUT2D eigenvalue weighted by Gasteiger charge is 2.28. The van der Waals surface area contributed by atoms with Gasteiger partial charge in [-0.2, -0.15) is 5.10 Å². The van der Waals surface area contributed by atoms with E-state index in [-0.39, 0.29) is 23.8 Å². The summed E-state index contributed by atoms with van der Waals surface area (Å²) in [7, 11) is 3.19. The molecule has 0 atom stereocenters. The molecule has 1 aliphatic carbocycles. The molecular formula is C30H42N6O4. The Morgan fingerprint density at radius 2 is 1.70 bits per heavy atom. The number of fused-ring (bicyclic) bond motifs is 1. The average molecular weight is 551 g/mol. The van der Waals surface area contributed by atoms with Crippen LogP contribution in [-0.2, 0) is 4.79 Å². The number of benzene rings is 1. The fourth-order valence-corrected chi connectivity index (χ4v) is 5.43.